The van der Waals surface area contributed by atoms with Gasteiger partial charge in [0, 0.05) is 23.7 Å². The van der Waals surface area contributed by atoms with Gasteiger partial charge in [-0.05, 0) is 32.7 Å². The van der Waals surface area contributed by atoms with Crippen molar-refractivity contribution in [1.29, 1.82) is 0 Å². The van der Waals surface area contributed by atoms with Crippen LogP contribution in [0.25, 0.3) is 0 Å². The molecule has 1 saturated heterocycles. The second kappa shape index (κ2) is 7.53. The molecular formula is C12H25NOS. The van der Waals surface area contributed by atoms with Crippen molar-refractivity contribution >= 4 is 11.8 Å². The standard InChI is InChI=1S/C12H25NOS/c1-4-13-10(2)8-11(3)15-9-12-6-5-7-14-12/h10-13H,4-9H2,1-3H3. The third kappa shape index (κ3) is 5.79. The molecule has 0 aromatic carbocycles. The highest BCUT2D eigenvalue weighted by atomic mass is 32.2. The topological polar surface area (TPSA) is 21.3 Å². The van der Waals surface area contributed by atoms with Crippen LogP contribution in [-0.2, 0) is 4.74 Å². The van der Waals surface area contributed by atoms with Crippen molar-refractivity contribution in [2.45, 2.75) is 57.4 Å². The quantitative estimate of drug-likeness (QED) is 0.728. The molecule has 15 heavy (non-hydrogen) atoms. The number of hydrogen-bond donors (Lipinski definition) is 1. The Kier molecular flexibility index (Phi) is 6.69. The SMILES string of the molecule is CCNC(C)CC(C)SCC1CCCO1. The smallest absolute Gasteiger partial charge is 0.0666 e. The van der Waals surface area contributed by atoms with Crippen LogP contribution in [0.3, 0.4) is 0 Å². The van der Waals surface area contributed by atoms with Crippen LogP contribution < -0.4 is 5.32 Å². The lowest BCUT2D eigenvalue weighted by atomic mass is 10.2. The highest BCUT2D eigenvalue weighted by molar-refractivity contribution is 7.99. The van der Waals surface area contributed by atoms with Crippen LogP contribution in [0.1, 0.15) is 40.0 Å². The zero-order chi connectivity index (χ0) is 11.1. The van der Waals surface area contributed by atoms with Crippen molar-refractivity contribution in [2.75, 3.05) is 18.9 Å². The monoisotopic (exact) mass is 231 g/mol. The van der Waals surface area contributed by atoms with Crippen molar-refractivity contribution in [3.8, 4) is 0 Å². The first kappa shape index (κ1) is 13.3. The predicted molar refractivity (Wildman–Crippen MR) is 68.6 cm³/mol. The Morgan fingerprint density at radius 1 is 1.47 bits per heavy atom. The number of rotatable bonds is 7. The van der Waals surface area contributed by atoms with Gasteiger partial charge in [0.25, 0.3) is 0 Å². The van der Waals surface area contributed by atoms with E-state index in [4.69, 9.17) is 4.74 Å². The average Bonchev–Trinajstić information content (AvgIpc) is 2.67. The van der Waals surface area contributed by atoms with E-state index in [2.05, 4.69) is 37.8 Å². The van der Waals surface area contributed by atoms with E-state index in [9.17, 15) is 0 Å². The minimum absolute atomic E-state index is 0.534. The molecule has 1 fully saturated rings. The van der Waals surface area contributed by atoms with Crippen molar-refractivity contribution in [3.05, 3.63) is 0 Å². The molecular weight excluding hydrogens is 206 g/mol. The maximum atomic E-state index is 5.62. The maximum absolute atomic E-state index is 5.62. The van der Waals surface area contributed by atoms with E-state index in [0.717, 1.165) is 18.4 Å². The molecule has 0 spiro atoms. The van der Waals surface area contributed by atoms with Crippen LogP contribution >= 0.6 is 11.8 Å². The fourth-order valence-corrected chi connectivity index (χ4v) is 3.28. The molecule has 0 bridgehead atoms. The van der Waals surface area contributed by atoms with Gasteiger partial charge in [0.2, 0.25) is 0 Å². The van der Waals surface area contributed by atoms with Crippen LogP contribution in [-0.4, -0.2) is 36.3 Å². The van der Waals surface area contributed by atoms with Gasteiger partial charge in [-0.25, -0.2) is 0 Å². The number of thioether (sulfide) groups is 1. The zero-order valence-electron chi connectivity index (χ0n) is 10.3. The van der Waals surface area contributed by atoms with Gasteiger partial charge in [-0.3, -0.25) is 0 Å². The second-order valence-electron chi connectivity index (χ2n) is 4.47. The fraction of sp³-hybridized carbons (Fsp3) is 1.00. The molecule has 0 aromatic heterocycles. The molecule has 0 saturated carbocycles. The average molecular weight is 231 g/mol. The van der Waals surface area contributed by atoms with Crippen LogP contribution in [0.2, 0.25) is 0 Å². The van der Waals surface area contributed by atoms with Crippen LogP contribution in [0.5, 0.6) is 0 Å². The molecule has 0 amide bonds. The molecule has 3 heteroatoms. The predicted octanol–water partition coefficient (Wildman–Crippen LogP) is 2.68. The van der Waals surface area contributed by atoms with Gasteiger partial charge in [0.1, 0.15) is 0 Å². The Hall–Kier alpha value is 0.270. The molecule has 1 N–H and O–H groups in total. The first-order valence-corrected chi connectivity index (χ1v) is 7.23. The summed E-state index contributed by atoms with van der Waals surface area (Å²) in [5, 5.41) is 4.20. The van der Waals surface area contributed by atoms with E-state index in [-0.39, 0.29) is 0 Å². The Labute approximate surface area is 98.5 Å². The van der Waals surface area contributed by atoms with Gasteiger partial charge < -0.3 is 10.1 Å². The molecule has 3 atom stereocenters. The molecule has 1 aliphatic rings. The minimum atomic E-state index is 0.534. The summed E-state index contributed by atoms with van der Waals surface area (Å²) in [7, 11) is 0. The van der Waals surface area contributed by atoms with E-state index in [1.807, 2.05) is 0 Å². The molecule has 3 unspecified atom stereocenters. The first-order valence-electron chi connectivity index (χ1n) is 6.19. The number of hydrogen-bond acceptors (Lipinski definition) is 3. The molecule has 1 heterocycles. The molecule has 0 aliphatic carbocycles. The normalized spacial score (nSPS) is 25.4. The third-order valence-corrected chi connectivity index (χ3v) is 4.15. The Morgan fingerprint density at radius 2 is 2.27 bits per heavy atom. The van der Waals surface area contributed by atoms with E-state index >= 15 is 0 Å². The van der Waals surface area contributed by atoms with E-state index in [1.165, 1.54) is 25.0 Å². The van der Waals surface area contributed by atoms with Gasteiger partial charge >= 0.3 is 0 Å². The fourth-order valence-electron chi connectivity index (χ4n) is 2.05. The van der Waals surface area contributed by atoms with Crippen LogP contribution in [0.15, 0.2) is 0 Å². The van der Waals surface area contributed by atoms with Gasteiger partial charge in [-0.1, -0.05) is 13.8 Å². The summed E-state index contributed by atoms with van der Waals surface area (Å²) < 4.78 is 5.62. The van der Waals surface area contributed by atoms with Crippen molar-refractivity contribution in [1.82, 2.24) is 5.32 Å². The maximum Gasteiger partial charge on any atom is 0.0666 e. The van der Waals surface area contributed by atoms with Gasteiger partial charge in [-0.2, -0.15) is 11.8 Å². The lowest BCUT2D eigenvalue weighted by Crippen LogP contribution is -2.28. The summed E-state index contributed by atoms with van der Waals surface area (Å²) in [5.74, 6) is 1.18. The largest absolute Gasteiger partial charge is 0.377 e. The summed E-state index contributed by atoms with van der Waals surface area (Å²) in [6.07, 6.45) is 4.31. The number of ether oxygens (including phenoxy) is 1. The summed E-state index contributed by atoms with van der Waals surface area (Å²) >= 11 is 2.06. The van der Waals surface area contributed by atoms with Crippen molar-refractivity contribution in [2.24, 2.45) is 0 Å². The van der Waals surface area contributed by atoms with Gasteiger partial charge in [-0.15, -0.1) is 0 Å². The second-order valence-corrected chi connectivity index (χ2v) is 5.94. The van der Waals surface area contributed by atoms with Crippen molar-refractivity contribution in [3.63, 3.8) is 0 Å². The molecule has 1 rings (SSSR count). The highest BCUT2D eigenvalue weighted by Crippen LogP contribution is 2.22. The van der Waals surface area contributed by atoms with E-state index in [1.54, 1.807) is 0 Å². The molecule has 1 aliphatic heterocycles. The highest BCUT2D eigenvalue weighted by Gasteiger charge is 2.17. The third-order valence-electron chi connectivity index (χ3n) is 2.83. The Morgan fingerprint density at radius 3 is 2.87 bits per heavy atom. The van der Waals surface area contributed by atoms with Gasteiger partial charge in [0.05, 0.1) is 6.10 Å². The van der Waals surface area contributed by atoms with E-state index < -0.39 is 0 Å². The molecule has 0 aromatic rings. The molecule has 90 valence electrons. The summed E-state index contributed by atoms with van der Waals surface area (Å²) in [5.41, 5.74) is 0. The molecule has 2 nitrogen and oxygen atoms in total. The summed E-state index contributed by atoms with van der Waals surface area (Å²) in [6, 6.07) is 0.641. The number of nitrogens with one attached hydrogen (secondary N) is 1. The van der Waals surface area contributed by atoms with E-state index in [0.29, 0.717) is 12.1 Å². The lowest BCUT2D eigenvalue weighted by molar-refractivity contribution is 0.129. The summed E-state index contributed by atoms with van der Waals surface area (Å²) in [4.78, 5) is 0. The summed E-state index contributed by atoms with van der Waals surface area (Å²) in [6.45, 7) is 8.82. The first-order chi connectivity index (χ1) is 7.22. The Balaban J connectivity index is 2.04. The Bertz CT molecular complexity index is 160. The van der Waals surface area contributed by atoms with Crippen LogP contribution in [0, 0.1) is 0 Å². The van der Waals surface area contributed by atoms with Gasteiger partial charge in [0.15, 0.2) is 0 Å². The minimum Gasteiger partial charge on any atom is -0.377 e. The zero-order valence-corrected chi connectivity index (χ0v) is 11.1. The lowest BCUT2D eigenvalue weighted by Gasteiger charge is -2.19. The van der Waals surface area contributed by atoms with Crippen LogP contribution in [0.4, 0.5) is 0 Å². The molecule has 0 radical (unpaired) electrons. The van der Waals surface area contributed by atoms with Crippen molar-refractivity contribution < 1.29 is 4.74 Å².